The number of anilines is 1. The molecule has 0 fully saturated rings. The van der Waals surface area contributed by atoms with E-state index in [1.807, 2.05) is 31.2 Å². The van der Waals surface area contributed by atoms with E-state index < -0.39 is 11.7 Å². The summed E-state index contributed by atoms with van der Waals surface area (Å²) in [6, 6.07) is 9.26. The smallest absolute Gasteiger partial charge is 0.416 e. The molecule has 0 saturated heterocycles. The van der Waals surface area contributed by atoms with Gasteiger partial charge >= 0.3 is 6.18 Å². The summed E-state index contributed by atoms with van der Waals surface area (Å²) in [5.41, 5.74) is 0.247. The largest absolute Gasteiger partial charge is 0.497 e. The van der Waals surface area contributed by atoms with Crippen molar-refractivity contribution in [3.63, 3.8) is 0 Å². The summed E-state index contributed by atoms with van der Waals surface area (Å²) in [6.07, 6.45) is -2.50. The second-order valence-corrected chi connectivity index (χ2v) is 4.81. The number of pyridine rings is 1. The minimum absolute atomic E-state index is 0.123. The van der Waals surface area contributed by atoms with Gasteiger partial charge in [-0.3, -0.25) is 0 Å². The Morgan fingerprint density at radius 2 is 1.86 bits per heavy atom. The average Bonchev–Trinajstić information content (AvgIpc) is 2.52. The van der Waals surface area contributed by atoms with Gasteiger partial charge in [0.05, 0.1) is 18.7 Å². The minimum atomic E-state index is -4.37. The second kappa shape index (κ2) is 6.68. The highest BCUT2D eigenvalue weighted by atomic mass is 19.4. The number of nitrogens with one attached hydrogen (secondary N) is 1. The van der Waals surface area contributed by atoms with Crippen LogP contribution in [0, 0.1) is 0 Å². The maximum absolute atomic E-state index is 12.7. The van der Waals surface area contributed by atoms with Crippen molar-refractivity contribution >= 4 is 5.82 Å². The lowest BCUT2D eigenvalue weighted by Gasteiger charge is -2.19. The predicted molar refractivity (Wildman–Crippen MR) is 78.9 cm³/mol. The topological polar surface area (TPSA) is 34.2 Å². The molecule has 1 N–H and O–H groups in total. The molecule has 0 aliphatic rings. The maximum Gasteiger partial charge on any atom is 0.416 e. The SMILES string of the molecule is CCC(Nc1cc(C(F)(F)F)ccn1)c1ccc(OC)cc1. The fourth-order valence-corrected chi connectivity index (χ4v) is 2.12. The zero-order valence-electron chi connectivity index (χ0n) is 12.3. The van der Waals surface area contributed by atoms with Crippen molar-refractivity contribution in [2.24, 2.45) is 0 Å². The molecule has 0 amide bonds. The van der Waals surface area contributed by atoms with Crippen LogP contribution in [0.1, 0.15) is 30.5 Å². The lowest BCUT2D eigenvalue weighted by Crippen LogP contribution is -2.12. The van der Waals surface area contributed by atoms with Crippen molar-refractivity contribution in [2.45, 2.75) is 25.6 Å². The van der Waals surface area contributed by atoms with E-state index in [1.54, 1.807) is 7.11 Å². The molecule has 0 bridgehead atoms. The van der Waals surface area contributed by atoms with Crippen LogP contribution < -0.4 is 10.1 Å². The molecule has 3 nitrogen and oxygen atoms in total. The van der Waals surface area contributed by atoms with E-state index in [0.29, 0.717) is 6.42 Å². The van der Waals surface area contributed by atoms with Gasteiger partial charge in [-0.05, 0) is 36.2 Å². The van der Waals surface area contributed by atoms with Crippen LogP contribution in [0.2, 0.25) is 0 Å². The highest BCUT2D eigenvalue weighted by molar-refractivity contribution is 5.42. The highest BCUT2D eigenvalue weighted by Crippen LogP contribution is 2.31. The molecule has 0 spiro atoms. The van der Waals surface area contributed by atoms with E-state index in [1.165, 1.54) is 0 Å². The summed E-state index contributed by atoms with van der Waals surface area (Å²) >= 11 is 0. The quantitative estimate of drug-likeness (QED) is 0.871. The van der Waals surface area contributed by atoms with E-state index in [9.17, 15) is 13.2 Å². The van der Waals surface area contributed by atoms with Crippen LogP contribution in [-0.4, -0.2) is 12.1 Å². The van der Waals surface area contributed by atoms with Crippen molar-refractivity contribution in [2.75, 3.05) is 12.4 Å². The lowest BCUT2D eigenvalue weighted by molar-refractivity contribution is -0.137. The van der Waals surface area contributed by atoms with E-state index in [2.05, 4.69) is 10.3 Å². The Hall–Kier alpha value is -2.24. The number of benzene rings is 1. The number of ether oxygens (including phenoxy) is 1. The van der Waals surface area contributed by atoms with Crippen molar-refractivity contribution in [3.05, 3.63) is 53.7 Å². The molecule has 2 rings (SSSR count). The van der Waals surface area contributed by atoms with Gasteiger partial charge in [-0.1, -0.05) is 19.1 Å². The summed E-state index contributed by atoms with van der Waals surface area (Å²) in [5.74, 6) is 0.938. The molecule has 0 saturated carbocycles. The van der Waals surface area contributed by atoms with Crippen LogP contribution in [0.3, 0.4) is 0 Å². The van der Waals surface area contributed by atoms with Gasteiger partial charge in [-0.25, -0.2) is 4.98 Å². The monoisotopic (exact) mass is 310 g/mol. The third-order valence-corrected chi connectivity index (χ3v) is 3.34. The van der Waals surface area contributed by atoms with Crippen LogP contribution in [0.4, 0.5) is 19.0 Å². The van der Waals surface area contributed by atoms with Gasteiger partial charge in [-0.2, -0.15) is 13.2 Å². The number of methoxy groups -OCH3 is 1. The molecule has 22 heavy (non-hydrogen) atoms. The first-order valence-corrected chi connectivity index (χ1v) is 6.87. The fourth-order valence-electron chi connectivity index (χ4n) is 2.12. The number of halogens is 3. The molecule has 0 aliphatic heterocycles. The van der Waals surface area contributed by atoms with Crippen LogP contribution in [0.5, 0.6) is 5.75 Å². The minimum Gasteiger partial charge on any atom is -0.497 e. The number of aromatic nitrogens is 1. The van der Waals surface area contributed by atoms with E-state index in [-0.39, 0.29) is 11.9 Å². The molecule has 1 atom stereocenters. The fraction of sp³-hybridized carbons (Fsp3) is 0.312. The van der Waals surface area contributed by atoms with Crippen LogP contribution in [-0.2, 0) is 6.18 Å². The molecule has 1 aromatic heterocycles. The number of hydrogen-bond acceptors (Lipinski definition) is 3. The van der Waals surface area contributed by atoms with Gasteiger partial charge in [-0.15, -0.1) is 0 Å². The Balaban J connectivity index is 2.19. The number of hydrogen-bond donors (Lipinski definition) is 1. The second-order valence-electron chi connectivity index (χ2n) is 4.81. The Morgan fingerprint density at radius 1 is 1.18 bits per heavy atom. The first-order valence-electron chi connectivity index (χ1n) is 6.87. The summed E-state index contributed by atoms with van der Waals surface area (Å²) in [6.45, 7) is 1.95. The molecule has 1 heterocycles. The highest BCUT2D eigenvalue weighted by Gasteiger charge is 2.30. The normalized spacial score (nSPS) is 12.8. The van der Waals surface area contributed by atoms with Crippen molar-refractivity contribution in [1.29, 1.82) is 0 Å². The predicted octanol–water partition coefficient (Wildman–Crippen LogP) is 4.67. The third kappa shape index (κ3) is 3.90. The van der Waals surface area contributed by atoms with Crippen LogP contribution in [0.15, 0.2) is 42.6 Å². The van der Waals surface area contributed by atoms with Gasteiger partial charge in [0.2, 0.25) is 0 Å². The summed E-state index contributed by atoms with van der Waals surface area (Å²) in [5, 5.41) is 3.04. The molecule has 1 unspecified atom stereocenters. The average molecular weight is 310 g/mol. The lowest BCUT2D eigenvalue weighted by atomic mass is 10.0. The Labute approximate surface area is 127 Å². The van der Waals surface area contributed by atoms with Crippen molar-refractivity contribution < 1.29 is 17.9 Å². The zero-order valence-corrected chi connectivity index (χ0v) is 12.3. The van der Waals surface area contributed by atoms with Gasteiger partial charge in [0.15, 0.2) is 0 Å². The van der Waals surface area contributed by atoms with Gasteiger partial charge in [0.25, 0.3) is 0 Å². The number of rotatable bonds is 5. The van der Waals surface area contributed by atoms with Crippen LogP contribution in [0.25, 0.3) is 0 Å². The molecule has 2 aromatic rings. The zero-order chi connectivity index (χ0) is 16.2. The summed E-state index contributed by atoms with van der Waals surface area (Å²) < 4.78 is 43.3. The van der Waals surface area contributed by atoms with Gasteiger partial charge < -0.3 is 10.1 Å². The summed E-state index contributed by atoms with van der Waals surface area (Å²) in [4.78, 5) is 3.96. The Kier molecular flexibility index (Phi) is 4.90. The Bertz CT molecular complexity index is 612. The third-order valence-electron chi connectivity index (χ3n) is 3.34. The van der Waals surface area contributed by atoms with Crippen molar-refractivity contribution in [3.8, 4) is 5.75 Å². The van der Waals surface area contributed by atoms with Crippen molar-refractivity contribution in [1.82, 2.24) is 4.98 Å². The maximum atomic E-state index is 12.7. The van der Waals surface area contributed by atoms with E-state index in [0.717, 1.165) is 29.6 Å². The summed E-state index contributed by atoms with van der Waals surface area (Å²) in [7, 11) is 1.58. The number of alkyl halides is 3. The first-order chi connectivity index (χ1) is 10.4. The molecule has 6 heteroatoms. The molecular weight excluding hydrogens is 293 g/mol. The molecule has 1 aromatic carbocycles. The standard InChI is InChI=1S/C16H17F3N2O/c1-3-14(11-4-6-13(22-2)7-5-11)21-15-10-12(8-9-20-15)16(17,18)19/h4-10,14H,3H2,1-2H3,(H,20,21). The van der Waals surface area contributed by atoms with E-state index >= 15 is 0 Å². The molecule has 118 valence electrons. The van der Waals surface area contributed by atoms with Gasteiger partial charge in [0.1, 0.15) is 11.6 Å². The molecule has 0 aliphatic carbocycles. The number of nitrogens with zero attached hydrogens (tertiary/aromatic N) is 1. The Morgan fingerprint density at radius 3 is 2.41 bits per heavy atom. The molecular formula is C16H17F3N2O. The van der Waals surface area contributed by atoms with Crippen LogP contribution >= 0.6 is 0 Å². The van der Waals surface area contributed by atoms with Gasteiger partial charge in [0, 0.05) is 6.20 Å². The molecule has 0 radical (unpaired) electrons. The van der Waals surface area contributed by atoms with E-state index in [4.69, 9.17) is 4.74 Å². The first kappa shape index (κ1) is 16.1.